The number of Topliss-reactive ketones (excluding diaryl/α,β-unsaturated/α-hetero) is 1. The highest BCUT2D eigenvalue weighted by Gasteiger charge is 2.61. The van der Waals surface area contributed by atoms with Crippen molar-refractivity contribution < 1.29 is 23.9 Å². The SMILES string of the molecule is CC(=O)OCC(=O)C1CCC2C3CCC4C[C@H](OC(C)=O)CCC4(C)C3CCC12C. The maximum absolute atomic E-state index is 12.9. The molecule has 0 aromatic rings. The predicted molar refractivity (Wildman–Crippen MR) is 112 cm³/mol. The fourth-order valence-electron chi connectivity index (χ4n) is 8.36. The highest BCUT2D eigenvalue weighted by Crippen LogP contribution is 2.67. The van der Waals surface area contributed by atoms with Gasteiger partial charge in [-0.05, 0) is 92.3 Å². The first kappa shape index (κ1) is 21.8. The normalized spacial score (nSPS) is 44.9. The summed E-state index contributed by atoms with van der Waals surface area (Å²) in [6.07, 6.45) is 10.1. The zero-order valence-electron chi connectivity index (χ0n) is 19.1. The van der Waals surface area contributed by atoms with E-state index in [1.54, 1.807) is 0 Å². The maximum atomic E-state index is 12.9. The summed E-state index contributed by atoms with van der Waals surface area (Å²) in [6, 6.07) is 0. The molecule has 0 spiro atoms. The Hall–Kier alpha value is -1.39. The average molecular weight is 419 g/mol. The molecule has 0 radical (unpaired) electrons. The molecule has 4 saturated carbocycles. The topological polar surface area (TPSA) is 69.7 Å². The fraction of sp³-hybridized carbons (Fsp3) is 0.880. The molecule has 0 aromatic carbocycles. The van der Waals surface area contributed by atoms with Crippen molar-refractivity contribution >= 4 is 17.7 Å². The summed E-state index contributed by atoms with van der Waals surface area (Å²) in [4.78, 5) is 35.5. The van der Waals surface area contributed by atoms with Gasteiger partial charge in [0.15, 0.2) is 5.78 Å². The van der Waals surface area contributed by atoms with Gasteiger partial charge in [0.1, 0.15) is 12.7 Å². The van der Waals surface area contributed by atoms with Crippen LogP contribution in [0, 0.1) is 40.4 Å². The van der Waals surface area contributed by atoms with Gasteiger partial charge in [0.05, 0.1) is 0 Å². The van der Waals surface area contributed by atoms with E-state index in [0.717, 1.165) is 44.4 Å². The van der Waals surface area contributed by atoms with E-state index < -0.39 is 0 Å². The van der Waals surface area contributed by atoms with Crippen molar-refractivity contribution in [3.05, 3.63) is 0 Å². The van der Waals surface area contributed by atoms with E-state index in [1.807, 2.05) is 0 Å². The lowest BCUT2D eigenvalue weighted by atomic mass is 9.44. The molecule has 168 valence electrons. The van der Waals surface area contributed by atoms with E-state index in [2.05, 4.69) is 13.8 Å². The summed E-state index contributed by atoms with van der Waals surface area (Å²) in [5.74, 6) is 2.29. The zero-order chi connectivity index (χ0) is 21.7. The molecule has 7 unspecified atom stereocenters. The summed E-state index contributed by atoms with van der Waals surface area (Å²) in [6.45, 7) is 7.66. The number of rotatable bonds is 4. The number of hydrogen-bond acceptors (Lipinski definition) is 5. The Kier molecular flexibility index (Phi) is 5.78. The Morgan fingerprint density at radius 2 is 1.53 bits per heavy atom. The summed E-state index contributed by atoms with van der Waals surface area (Å²) in [5.41, 5.74) is 0.386. The smallest absolute Gasteiger partial charge is 0.303 e. The van der Waals surface area contributed by atoms with Crippen molar-refractivity contribution in [2.24, 2.45) is 40.4 Å². The largest absolute Gasteiger partial charge is 0.463 e. The van der Waals surface area contributed by atoms with Gasteiger partial charge in [-0.1, -0.05) is 13.8 Å². The Labute approximate surface area is 180 Å². The first-order valence-corrected chi connectivity index (χ1v) is 12.0. The first-order valence-electron chi connectivity index (χ1n) is 12.0. The van der Waals surface area contributed by atoms with Crippen LogP contribution in [0.1, 0.15) is 85.5 Å². The van der Waals surface area contributed by atoms with Gasteiger partial charge in [0.25, 0.3) is 0 Å². The zero-order valence-corrected chi connectivity index (χ0v) is 19.1. The minimum absolute atomic E-state index is 0.0352. The molecule has 30 heavy (non-hydrogen) atoms. The number of ketones is 1. The highest BCUT2D eigenvalue weighted by atomic mass is 16.5. The van der Waals surface area contributed by atoms with Crippen molar-refractivity contribution in [2.45, 2.75) is 91.6 Å². The third-order valence-electron chi connectivity index (χ3n) is 9.76. The molecule has 4 fully saturated rings. The molecule has 4 rings (SSSR count). The number of ether oxygens (including phenoxy) is 2. The van der Waals surface area contributed by atoms with Crippen LogP contribution in [0.3, 0.4) is 0 Å². The molecular formula is C25H38O5. The second kappa shape index (κ2) is 7.94. The molecular weight excluding hydrogens is 380 g/mol. The predicted octanol–water partition coefficient (Wildman–Crippen LogP) is 4.71. The fourth-order valence-corrected chi connectivity index (χ4v) is 8.36. The van der Waals surface area contributed by atoms with Crippen LogP contribution in [0.15, 0.2) is 0 Å². The second-order valence-corrected chi connectivity index (χ2v) is 11.1. The number of carbonyl (C=O) groups excluding carboxylic acids is 3. The number of fused-ring (bicyclic) bond motifs is 5. The van der Waals surface area contributed by atoms with Crippen molar-refractivity contribution in [1.82, 2.24) is 0 Å². The number of carbonyl (C=O) groups is 3. The maximum Gasteiger partial charge on any atom is 0.303 e. The first-order chi connectivity index (χ1) is 14.1. The van der Waals surface area contributed by atoms with Crippen LogP contribution in [0.25, 0.3) is 0 Å². The van der Waals surface area contributed by atoms with Gasteiger partial charge in [0, 0.05) is 19.8 Å². The Balaban J connectivity index is 1.48. The van der Waals surface area contributed by atoms with Crippen LogP contribution >= 0.6 is 0 Å². The van der Waals surface area contributed by atoms with Crippen LogP contribution in [-0.2, 0) is 23.9 Å². The van der Waals surface area contributed by atoms with Crippen LogP contribution < -0.4 is 0 Å². The van der Waals surface area contributed by atoms with Crippen molar-refractivity contribution in [3.63, 3.8) is 0 Å². The molecule has 0 saturated heterocycles. The minimum atomic E-state index is -0.373. The lowest BCUT2D eigenvalue weighted by Crippen LogP contribution is -2.54. The highest BCUT2D eigenvalue weighted by molar-refractivity contribution is 5.85. The van der Waals surface area contributed by atoms with E-state index in [-0.39, 0.29) is 41.8 Å². The number of esters is 2. The molecule has 5 heteroatoms. The monoisotopic (exact) mass is 418 g/mol. The Morgan fingerprint density at radius 1 is 0.833 bits per heavy atom. The van der Waals surface area contributed by atoms with Gasteiger partial charge in [-0.3, -0.25) is 14.4 Å². The summed E-state index contributed by atoms with van der Waals surface area (Å²) >= 11 is 0. The molecule has 0 heterocycles. The van der Waals surface area contributed by atoms with Gasteiger partial charge >= 0.3 is 11.9 Å². The summed E-state index contributed by atoms with van der Waals surface area (Å²) < 4.78 is 10.6. The van der Waals surface area contributed by atoms with E-state index in [1.165, 1.54) is 33.1 Å². The van der Waals surface area contributed by atoms with Crippen molar-refractivity contribution in [3.8, 4) is 0 Å². The second-order valence-electron chi connectivity index (χ2n) is 11.1. The van der Waals surface area contributed by atoms with E-state index in [0.29, 0.717) is 23.2 Å². The molecule has 0 N–H and O–H groups in total. The van der Waals surface area contributed by atoms with Crippen LogP contribution in [0.2, 0.25) is 0 Å². The van der Waals surface area contributed by atoms with Gasteiger partial charge in [-0.25, -0.2) is 0 Å². The molecule has 4 aliphatic rings. The lowest BCUT2D eigenvalue weighted by molar-refractivity contribution is -0.161. The van der Waals surface area contributed by atoms with Gasteiger partial charge in [0.2, 0.25) is 0 Å². The average Bonchev–Trinajstić information content (AvgIpc) is 3.03. The summed E-state index contributed by atoms with van der Waals surface area (Å²) in [7, 11) is 0. The van der Waals surface area contributed by atoms with Crippen LogP contribution in [0.4, 0.5) is 0 Å². The van der Waals surface area contributed by atoms with E-state index in [4.69, 9.17) is 9.47 Å². The Morgan fingerprint density at radius 3 is 2.23 bits per heavy atom. The third-order valence-corrected chi connectivity index (χ3v) is 9.76. The molecule has 4 aliphatic carbocycles. The van der Waals surface area contributed by atoms with E-state index in [9.17, 15) is 14.4 Å². The lowest BCUT2D eigenvalue weighted by Gasteiger charge is -2.61. The molecule has 0 aromatic heterocycles. The van der Waals surface area contributed by atoms with Gasteiger partial charge < -0.3 is 9.47 Å². The van der Waals surface area contributed by atoms with Crippen LogP contribution in [0.5, 0.6) is 0 Å². The summed E-state index contributed by atoms with van der Waals surface area (Å²) in [5, 5.41) is 0. The Bertz CT molecular complexity index is 716. The molecule has 0 aliphatic heterocycles. The minimum Gasteiger partial charge on any atom is -0.463 e. The molecule has 5 nitrogen and oxygen atoms in total. The van der Waals surface area contributed by atoms with Gasteiger partial charge in [-0.2, -0.15) is 0 Å². The quantitative estimate of drug-likeness (QED) is 0.619. The van der Waals surface area contributed by atoms with Crippen molar-refractivity contribution in [2.75, 3.05) is 6.61 Å². The number of hydrogen-bond donors (Lipinski definition) is 0. The van der Waals surface area contributed by atoms with Crippen LogP contribution in [-0.4, -0.2) is 30.4 Å². The third kappa shape index (κ3) is 3.60. The molecule has 8 atom stereocenters. The molecule has 0 amide bonds. The van der Waals surface area contributed by atoms with Crippen molar-refractivity contribution in [1.29, 1.82) is 0 Å². The standard InChI is InChI=1S/C25H38O5/c1-15(26)29-14-23(28)22-8-7-20-19-6-5-17-13-18(30-16(2)27)9-11-24(17,3)21(19)10-12-25(20,22)4/h17-22H,5-14H2,1-4H3/t17?,18-,19?,20?,21?,22?,24?,25?/m1/s1. The molecule has 0 bridgehead atoms. The van der Waals surface area contributed by atoms with Gasteiger partial charge in [-0.15, -0.1) is 0 Å². The van der Waals surface area contributed by atoms with E-state index >= 15 is 0 Å².